The van der Waals surface area contributed by atoms with E-state index >= 15 is 0 Å². The van der Waals surface area contributed by atoms with Crippen molar-refractivity contribution in [2.24, 2.45) is 0 Å². The first kappa shape index (κ1) is 22.6. The molecule has 5 nitrogen and oxygen atoms in total. The van der Waals surface area contributed by atoms with Gasteiger partial charge in [-0.1, -0.05) is 73.1 Å². The number of halogens is 1. The molecule has 1 atom stereocenters. The van der Waals surface area contributed by atoms with Crippen molar-refractivity contribution in [1.29, 1.82) is 0 Å². The highest BCUT2D eigenvalue weighted by atomic mass is 35.5. The summed E-state index contributed by atoms with van der Waals surface area (Å²) in [6.07, 6.45) is 0.482. The molecule has 0 radical (unpaired) electrons. The van der Waals surface area contributed by atoms with Crippen LogP contribution in [0.3, 0.4) is 0 Å². The second-order valence-electron chi connectivity index (χ2n) is 7.20. The van der Waals surface area contributed by atoms with E-state index in [0.717, 1.165) is 16.3 Å². The van der Waals surface area contributed by atoms with Gasteiger partial charge in [0.15, 0.2) is 6.61 Å². The van der Waals surface area contributed by atoms with Gasteiger partial charge in [-0.05, 0) is 36.4 Å². The summed E-state index contributed by atoms with van der Waals surface area (Å²) in [5.74, 6) is 0.178. The molecule has 31 heavy (non-hydrogen) atoms. The van der Waals surface area contributed by atoms with Crippen LogP contribution in [-0.4, -0.2) is 35.9 Å². The van der Waals surface area contributed by atoms with Crippen molar-refractivity contribution < 1.29 is 14.3 Å². The van der Waals surface area contributed by atoms with E-state index in [4.69, 9.17) is 16.3 Å². The number of hydrogen-bond donors (Lipinski definition) is 1. The molecule has 0 aromatic heterocycles. The first-order valence-electron chi connectivity index (χ1n) is 10.5. The molecule has 3 aromatic carbocycles. The maximum absolute atomic E-state index is 13.3. The standard InChI is InChI=1S/C25H27ClN2O3/c1-3-22(25(30)27-4-2)28(16-19-11-6-8-14-21(19)26)24(29)17-31-23-15-9-12-18-10-5-7-13-20(18)23/h5-15,22H,3-4,16-17H2,1-2H3,(H,27,30)/t22-/m0/s1. The van der Waals surface area contributed by atoms with E-state index in [-0.39, 0.29) is 25.0 Å². The van der Waals surface area contributed by atoms with Crippen LogP contribution in [0.1, 0.15) is 25.8 Å². The zero-order valence-corrected chi connectivity index (χ0v) is 18.6. The number of nitrogens with zero attached hydrogens (tertiary/aromatic N) is 1. The Bertz CT molecular complexity index is 1050. The van der Waals surface area contributed by atoms with Crippen LogP contribution in [0, 0.1) is 0 Å². The summed E-state index contributed by atoms with van der Waals surface area (Å²) in [4.78, 5) is 27.5. The summed E-state index contributed by atoms with van der Waals surface area (Å²) in [5, 5.41) is 5.35. The fraction of sp³-hybridized carbons (Fsp3) is 0.280. The molecule has 0 fully saturated rings. The van der Waals surface area contributed by atoms with E-state index in [0.29, 0.717) is 23.7 Å². The molecule has 0 aliphatic heterocycles. The van der Waals surface area contributed by atoms with Gasteiger partial charge < -0.3 is 15.0 Å². The monoisotopic (exact) mass is 438 g/mol. The fourth-order valence-corrected chi connectivity index (χ4v) is 3.76. The first-order chi connectivity index (χ1) is 15.0. The maximum Gasteiger partial charge on any atom is 0.261 e. The lowest BCUT2D eigenvalue weighted by Crippen LogP contribution is -2.50. The topological polar surface area (TPSA) is 58.6 Å². The summed E-state index contributed by atoms with van der Waals surface area (Å²) in [7, 11) is 0. The lowest BCUT2D eigenvalue weighted by Gasteiger charge is -2.30. The van der Waals surface area contributed by atoms with Gasteiger partial charge in [0.25, 0.3) is 5.91 Å². The molecule has 0 aliphatic rings. The lowest BCUT2D eigenvalue weighted by atomic mass is 10.1. The number of carbonyl (C=O) groups is 2. The lowest BCUT2D eigenvalue weighted by molar-refractivity contribution is -0.142. The molecule has 0 saturated carbocycles. The second kappa shape index (κ2) is 10.8. The van der Waals surface area contributed by atoms with Gasteiger partial charge in [-0.25, -0.2) is 0 Å². The number of nitrogens with one attached hydrogen (secondary N) is 1. The number of fused-ring (bicyclic) bond motifs is 1. The molecule has 1 N–H and O–H groups in total. The second-order valence-corrected chi connectivity index (χ2v) is 7.60. The summed E-state index contributed by atoms with van der Waals surface area (Å²) < 4.78 is 5.91. The van der Waals surface area contributed by atoms with Gasteiger partial charge in [0.2, 0.25) is 5.91 Å². The molecule has 162 valence electrons. The van der Waals surface area contributed by atoms with E-state index in [1.165, 1.54) is 0 Å². The van der Waals surface area contributed by atoms with Crippen LogP contribution in [0.5, 0.6) is 5.75 Å². The van der Waals surface area contributed by atoms with Crippen LogP contribution in [0.2, 0.25) is 5.02 Å². The van der Waals surface area contributed by atoms with Crippen LogP contribution in [0.4, 0.5) is 0 Å². The largest absolute Gasteiger partial charge is 0.483 e. The number of carbonyl (C=O) groups excluding carboxylic acids is 2. The fourth-order valence-electron chi connectivity index (χ4n) is 3.57. The molecular formula is C25H27ClN2O3. The quantitative estimate of drug-likeness (QED) is 0.521. The molecular weight excluding hydrogens is 412 g/mol. The van der Waals surface area contributed by atoms with Gasteiger partial charge in [0.05, 0.1) is 0 Å². The number of hydrogen-bond acceptors (Lipinski definition) is 3. The Hall–Kier alpha value is -3.05. The number of likely N-dealkylation sites (N-methyl/N-ethyl adjacent to an activating group) is 1. The summed E-state index contributed by atoms with van der Waals surface area (Å²) in [6, 6.07) is 20.3. The zero-order chi connectivity index (χ0) is 22.2. The molecule has 3 aromatic rings. The van der Waals surface area contributed by atoms with Gasteiger partial charge in [0.1, 0.15) is 11.8 Å². The van der Waals surface area contributed by atoms with E-state index < -0.39 is 6.04 Å². The minimum absolute atomic E-state index is 0.172. The molecule has 3 rings (SSSR count). The highest BCUT2D eigenvalue weighted by Gasteiger charge is 2.29. The molecule has 6 heteroatoms. The summed E-state index contributed by atoms with van der Waals surface area (Å²) >= 11 is 6.33. The Morgan fingerprint density at radius 1 is 1.00 bits per heavy atom. The van der Waals surface area contributed by atoms with Crippen molar-refractivity contribution >= 4 is 34.2 Å². The smallest absolute Gasteiger partial charge is 0.261 e. The Morgan fingerprint density at radius 2 is 1.71 bits per heavy atom. The van der Waals surface area contributed by atoms with Crippen molar-refractivity contribution in [3.05, 3.63) is 77.3 Å². The van der Waals surface area contributed by atoms with Crippen LogP contribution in [0.15, 0.2) is 66.7 Å². The number of benzene rings is 3. The predicted molar refractivity (Wildman–Crippen MR) is 124 cm³/mol. The summed E-state index contributed by atoms with van der Waals surface area (Å²) in [5.41, 5.74) is 0.783. The van der Waals surface area contributed by atoms with E-state index in [1.807, 2.05) is 74.5 Å². The molecule has 0 aliphatic carbocycles. The molecule has 0 unspecified atom stereocenters. The van der Waals surface area contributed by atoms with Gasteiger partial charge in [-0.3, -0.25) is 9.59 Å². The normalized spacial score (nSPS) is 11.7. The van der Waals surface area contributed by atoms with Gasteiger partial charge in [0, 0.05) is 23.5 Å². The van der Waals surface area contributed by atoms with E-state index in [1.54, 1.807) is 11.0 Å². The zero-order valence-electron chi connectivity index (χ0n) is 17.8. The van der Waals surface area contributed by atoms with Crippen molar-refractivity contribution in [1.82, 2.24) is 10.2 Å². The molecule has 0 bridgehead atoms. The van der Waals surface area contributed by atoms with Crippen molar-refractivity contribution in [2.45, 2.75) is 32.9 Å². The molecule has 0 saturated heterocycles. The van der Waals surface area contributed by atoms with Crippen molar-refractivity contribution in [3.63, 3.8) is 0 Å². The van der Waals surface area contributed by atoms with E-state index in [9.17, 15) is 9.59 Å². The summed E-state index contributed by atoms with van der Waals surface area (Å²) in [6.45, 7) is 4.30. The highest BCUT2D eigenvalue weighted by Crippen LogP contribution is 2.25. The maximum atomic E-state index is 13.3. The van der Waals surface area contributed by atoms with Crippen LogP contribution in [-0.2, 0) is 16.1 Å². The number of amides is 2. The van der Waals surface area contributed by atoms with Crippen LogP contribution >= 0.6 is 11.6 Å². The predicted octanol–water partition coefficient (Wildman–Crippen LogP) is 4.82. The Labute approximate surface area is 188 Å². The Balaban J connectivity index is 1.84. The van der Waals surface area contributed by atoms with Crippen LogP contribution in [0.25, 0.3) is 10.8 Å². The number of ether oxygens (including phenoxy) is 1. The average Bonchev–Trinajstić information content (AvgIpc) is 2.78. The van der Waals surface area contributed by atoms with Gasteiger partial charge >= 0.3 is 0 Å². The van der Waals surface area contributed by atoms with Crippen LogP contribution < -0.4 is 10.1 Å². The highest BCUT2D eigenvalue weighted by molar-refractivity contribution is 6.31. The third kappa shape index (κ3) is 5.56. The van der Waals surface area contributed by atoms with E-state index in [2.05, 4.69) is 5.32 Å². The van der Waals surface area contributed by atoms with Gasteiger partial charge in [-0.2, -0.15) is 0 Å². The Kier molecular flexibility index (Phi) is 7.90. The minimum Gasteiger partial charge on any atom is -0.483 e. The minimum atomic E-state index is -0.611. The first-order valence-corrected chi connectivity index (χ1v) is 10.8. The van der Waals surface area contributed by atoms with Crippen molar-refractivity contribution in [3.8, 4) is 5.75 Å². The van der Waals surface area contributed by atoms with Gasteiger partial charge in [-0.15, -0.1) is 0 Å². The molecule has 2 amide bonds. The average molecular weight is 439 g/mol. The third-order valence-corrected chi connectivity index (χ3v) is 5.50. The SMILES string of the molecule is CCNC(=O)[C@H](CC)N(Cc1ccccc1Cl)C(=O)COc1cccc2ccccc12. The number of rotatable bonds is 9. The third-order valence-electron chi connectivity index (χ3n) is 5.14. The van der Waals surface area contributed by atoms with Crippen molar-refractivity contribution in [2.75, 3.05) is 13.2 Å². The Morgan fingerprint density at radius 3 is 2.45 bits per heavy atom. The molecule has 0 spiro atoms. The molecule has 0 heterocycles.